The summed E-state index contributed by atoms with van der Waals surface area (Å²) in [7, 11) is 0. The number of hydrogen-bond acceptors (Lipinski definition) is 4. The molecule has 1 heterocycles. The second kappa shape index (κ2) is 8.00. The van der Waals surface area contributed by atoms with Gasteiger partial charge in [-0.3, -0.25) is 9.59 Å². The number of aromatic carboxylic acids is 1. The van der Waals surface area contributed by atoms with Gasteiger partial charge in [-0.2, -0.15) is 5.10 Å². The number of hydrogen-bond donors (Lipinski definition) is 2. The van der Waals surface area contributed by atoms with E-state index in [-0.39, 0.29) is 16.5 Å². The fourth-order valence-corrected chi connectivity index (χ4v) is 3.31. The van der Waals surface area contributed by atoms with Crippen LogP contribution in [-0.4, -0.2) is 26.8 Å². The number of carboxylic acids is 1. The molecule has 0 fully saturated rings. The van der Waals surface area contributed by atoms with Crippen molar-refractivity contribution in [2.75, 3.05) is 5.32 Å². The van der Waals surface area contributed by atoms with E-state index in [2.05, 4.69) is 10.4 Å². The Hall–Kier alpha value is -4.26. The van der Waals surface area contributed by atoms with Crippen LogP contribution in [0, 0.1) is 0 Å². The number of fused-ring (bicyclic) bond motifs is 1. The number of rotatable bonds is 5. The number of anilines is 1. The van der Waals surface area contributed by atoms with Gasteiger partial charge in [-0.25, -0.2) is 9.48 Å². The average Bonchev–Trinajstić information content (AvgIpc) is 2.77. The van der Waals surface area contributed by atoms with Crippen molar-refractivity contribution in [1.82, 2.24) is 9.78 Å². The molecule has 0 saturated carbocycles. The molecule has 0 saturated heterocycles. The summed E-state index contributed by atoms with van der Waals surface area (Å²) in [5.41, 5.74) is 0.217. The fourth-order valence-electron chi connectivity index (χ4n) is 3.31. The lowest BCUT2D eigenvalue weighted by molar-refractivity contribution is -0.118. The molecule has 4 aromatic rings. The average molecular weight is 399 g/mol. The van der Waals surface area contributed by atoms with Crippen LogP contribution in [0.3, 0.4) is 0 Å². The number of carbonyl (C=O) groups is 2. The Morgan fingerprint density at radius 3 is 2.03 bits per heavy atom. The first-order chi connectivity index (χ1) is 14.6. The second-order valence-corrected chi connectivity index (χ2v) is 6.62. The zero-order valence-electron chi connectivity index (χ0n) is 15.7. The van der Waals surface area contributed by atoms with Crippen molar-refractivity contribution in [3.63, 3.8) is 0 Å². The van der Waals surface area contributed by atoms with Crippen LogP contribution in [0.4, 0.5) is 5.69 Å². The van der Waals surface area contributed by atoms with Crippen molar-refractivity contribution in [3.8, 4) is 0 Å². The van der Waals surface area contributed by atoms with E-state index >= 15 is 0 Å². The summed E-state index contributed by atoms with van der Waals surface area (Å²) in [5, 5.41) is 16.9. The summed E-state index contributed by atoms with van der Waals surface area (Å²) in [4.78, 5) is 38.2. The van der Waals surface area contributed by atoms with E-state index in [1.807, 2.05) is 6.07 Å². The van der Waals surface area contributed by atoms with E-state index in [9.17, 15) is 19.5 Å². The lowest BCUT2D eigenvalue weighted by atomic mass is 10.1. The van der Waals surface area contributed by atoms with E-state index < -0.39 is 23.5 Å². The van der Waals surface area contributed by atoms with Crippen molar-refractivity contribution >= 4 is 28.3 Å². The Balaban J connectivity index is 1.93. The minimum atomic E-state index is -1.28. The third-order valence-electron chi connectivity index (χ3n) is 4.68. The number of nitrogens with one attached hydrogen (secondary N) is 1. The third-order valence-corrected chi connectivity index (χ3v) is 4.68. The second-order valence-electron chi connectivity index (χ2n) is 6.62. The highest BCUT2D eigenvalue weighted by molar-refractivity contribution is 6.01. The zero-order valence-corrected chi connectivity index (χ0v) is 15.7. The zero-order chi connectivity index (χ0) is 21.1. The molecule has 30 heavy (non-hydrogen) atoms. The summed E-state index contributed by atoms with van der Waals surface area (Å²) >= 11 is 0. The predicted octanol–water partition coefficient (Wildman–Crippen LogP) is 3.32. The van der Waals surface area contributed by atoms with Gasteiger partial charge in [-0.05, 0) is 23.8 Å². The molecular formula is C23H17N3O4. The van der Waals surface area contributed by atoms with Crippen LogP contribution in [0.5, 0.6) is 0 Å². The van der Waals surface area contributed by atoms with E-state index in [1.165, 1.54) is 12.1 Å². The molecule has 0 bridgehead atoms. The number of carbonyl (C=O) groups excluding carboxylic acids is 1. The lowest BCUT2D eigenvalue weighted by Gasteiger charge is -2.20. The minimum Gasteiger partial charge on any atom is -0.476 e. The topological polar surface area (TPSA) is 101 Å². The maximum atomic E-state index is 13.2. The van der Waals surface area contributed by atoms with Crippen LogP contribution in [0.25, 0.3) is 10.8 Å². The first-order valence-electron chi connectivity index (χ1n) is 9.22. The molecule has 1 atom stereocenters. The van der Waals surface area contributed by atoms with E-state index in [0.717, 1.165) is 4.68 Å². The number of nitrogens with zero attached hydrogens (tertiary/aromatic N) is 2. The molecule has 148 valence electrons. The summed E-state index contributed by atoms with van der Waals surface area (Å²) in [6.07, 6.45) is 0. The Labute approximate surface area is 171 Å². The van der Waals surface area contributed by atoms with Crippen molar-refractivity contribution in [1.29, 1.82) is 0 Å². The molecular weight excluding hydrogens is 382 g/mol. The first kappa shape index (κ1) is 19.1. The van der Waals surface area contributed by atoms with Gasteiger partial charge >= 0.3 is 5.97 Å². The molecule has 1 aromatic heterocycles. The smallest absolute Gasteiger partial charge is 0.357 e. The van der Waals surface area contributed by atoms with Gasteiger partial charge in [0.05, 0.1) is 5.39 Å². The summed E-state index contributed by atoms with van der Waals surface area (Å²) in [5.74, 6) is -1.79. The molecule has 0 radical (unpaired) electrons. The van der Waals surface area contributed by atoms with Gasteiger partial charge in [0.15, 0.2) is 11.7 Å². The third kappa shape index (κ3) is 3.56. The van der Waals surface area contributed by atoms with E-state index in [0.29, 0.717) is 11.3 Å². The largest absolute Gasteiger partial charge is 0.476 e. The predicted molar refractivity (Wildman–Crippen MR) is 113 cm³/mol. The summed E-state index contributed by atoms with van der Waals surface area (Å²) < 4.78 is 0.944. The summed E-state index contributed by atoms with van der Waals surface area (Å²) in [6, 6.07) is 22.6. The van der Waals surface area contributed by atoms with Gasteiger partial charge in [0.2, 0.25) is 0 Å². The molecule has 7 nitrogen and oxygen atoms in total. The maximum Gasteiger partial charge on any atom is 0.357 e. The Kier molecular flexibility index (Phi) is 5.09. The highest BCUT2D eigenvalue weighted by atomic mass is 16.4. The number of amides is 1. The van der Waals surface area contributed by atoms with Crippen LogP contribution < -0.4 is 10.9 Å². The molecule has 2 N–H and O–H groups in total. The SMILES string of the molecule is O=C(O)c1nn(C(C(=O)Nc2ccccc2)c2ccccc2)c(=O)c2ccccc12. The Morgan fingerprint density at radius 2 is 1.40 bits per heavy atom. The molecule has 0 aliphatic rings. The van der Waals surface area contributed by atoms with Crippen LogP contribution in [0.1, 0.15) is 22.1 Å². The van der Waals surface area contributed by atoms with Gasteiger partial charge in [0.25, 0.3) is 11.5 Å². The molecule has 7 heteroatoms. The van der Waals surface area contributed by atoms with Crippen LogP contribution >= 0.6 is 0 Å². The number of aromatic nitrogens is 2. The Bertz CT molecular complexity index is 1280. The van der Waals surface area contributed by atoms with Gasteiger partial charge in [0, 0.05) is 11.1 Å². The van der Waals surface area contributed by atoms with Crippen molar-refractivity contribution < 1.29 is 14.7 Å². The number of para-hydroxylation sites is 1. The van der Waals surface area contributed by atoms with Gasteiger partial charge in [-0.15, -0.1) is 0 Å². The molecule has 3 aromatic carbocycles. The lowest BCUT2D eigenvalue weighted by Crippen LogP contribution is -2.37. The standard InChI is InChI=1S/C23H17N3O4/c27-21(24-16-11-5-2-6-12-16)20(15-9-3-1-4-10-15)26-22(28)18-14-8-7-13-17(18)19(25-26)23(29)30/h1-14,20H,(H,24,27)(H,29,30). The monoisotopic (exact) mass is 399 g/mol. The van der Waals surface area contributed by atoms with Crippen molar-refractivity contribution in [2.45, 2.75) is 6.04 Å². The van der Waals surface area contributed by atoms with Gasteiger partial charge < -0.3 is 10.4 Å². The molecule has 1 unspecified atom stereocenters. The minimum absolute atomic E-state index is 0.179. The molecule has 4 rings (SSSR count). The quantitative estimate of drug-likeness (QED) is 0.536. The van der Waals surface area contributed by atoms with E-state index in [1.54, 1.807) is 66.7 Å². The molecule has 0 aliphatic carbocycles. The van der Waals surface area contributed by atoms with E-state index in [4.69, 9.17) is 0 Å². The Morgan fingerprint density at radius 1 is 0.833 bits per heavy atom. The van der Waals surface area contributed by atoms with Crippen molar-refractivity contribution in [2.24, 2.45) is 0 Å². The number of carboxylic acid groups (broad SMARTS) is 1. The summed E-state index contributed by atoms with van der Waals surface area (Å²) in [6.45, 7) is 0. The molecule has 0 aliphatic heterocycles. The highest BCUT2D eigenvalue weighted by Crippen LogP contribution is 2.21. The molecule has 0 spiro atoms. The van der Waals surface area contributed by atoms with Crippen LogP contribution in [-0.2, 0) is 4.79 Å². The first-order valence-corrected chi connectivity index (χ1v) is 9.22. The van der Waals surface area contributed by atoms with Crippen molar-refractivity contribution in [3.05, 3.63) is 107 Å². The van der Waals surface area contributed by atoms with Gasteiger partial charge in [-0.1, -0.05) is 66.7 Å². The van der Waals surface area contributed by atoms with Crippen LogP contribution in [0.15, 0.2) is 89.7 Å². The van der Waals surface area contributed by atoms with Gasteiger partial charge in [0.1, 0.15) is 0 Å². The normalized spacial score (nSPS) is 11.7. The highest BCUT2D eigenvalue weighted by Gasteiger charge is 2.27. The molecule has 1 amide bonds. The maximum absolute atomic E-state index is 13.2. The fraction of sp³-hybridized carbons (Fsp3) is 0.0435. The van der Waals surface area contributed by atoms with Crippen LogP contribution in [0.2, 0.25) is 0 Å². The number of benzene rings is 3.